The van der Waals surface area contributed by atoms with E-state index >= 15 is 0 Å². The van der Waals surface area contributed by atoms with Crippen molar-refractivity contribution in [2.24, 2.45) is 0 Å². The van der Waals surface area contributed by atoms with E-state index in [0.717, 1.165) is 31.0 Å². The molecule has 1 aliphatic heterocycles. The number of aliphatic hydroxyl groups excluding tert-OH is 1. The molecule has 0 aliphatic carbocycles. The van der Waals surface area contributed by atoms with Gasteiger partial charge < -0.3 is 10.0 Å². The Morgan fingerprint density at radius 2 is 2.00 bits per heavy atom. The summed E-state index contributed by atoms with van der Waals surface area (Å²) in [6.07, 6.45) is 2.29. The van der Waals surface area contributed by atoms with Gasteiger partial charge in [0, 0.05) is 38.9 Å². The van der Waals surface area contributed by atoms with E-state index in [0.29, 0.717) is 25.2 Å². The summed E-state index contributed by atoms with van der Waals surface area (Å²) >= 11 is 0. The fraction of sp³-hybridized carbons (Fsp3) is 0.562. The van der Waals surface area contributed by atoms with Crippen LogP contribution in [-0.4, -0.2) is 74.2 Å². The first-order valence-electron chi connectivity index (χ1n) is 8.09. The lowest BCUT2D eigenvalue weighted by Gasteiger charge is -2.35. The third-order valence-electron chi connectivity index (χ3n) is 4.42. The van der Waals surface area contributed by atoms with Crippen molar-refractivity contribution >= 4 is 11.6 Å². The van der Waals surface area contributed by atoms with Gasteiger partial charge in [0.1, 0.15) is 5.82 Å². The van der Waals surface area contributed by atoms with Gasteiger partial charge in [0.25, 0.3) is 5.91 Å². The highest BCUT2D eigenvalue weighted by molar-refractivity contribution is 5.94. The Morgan fingerprint density at radius 1 is 1.26 bits per heavy atom. The summed E-state index contributed by atoms with van der Waals surface area (Å²) in [4.78, 5) is 16.7. The van der Waals surface area contributed by atoms with Crippen molar-refractivity contribution in [2.45, 2.75) is 26.4 Å². The second-order valence-electron chi connectivity index (χ2n) is 6.05. The third-order valence-corrected chi connectivity index (χ3v) is 4.42. The van der Waals surface area contributed by atoms with Crippen molar-refractivity contribution in [2.75, 3.05) is 32.7 Å². The first-order valence-corrected chi connectivity index (χ1v) is 8.09. The van der Waals surface area contributed by atoms with Gasteiger partial charge in [-0.25, -0.2) is 0 Å². The number of carbonyl (C=O) groups excluding carboxylic acids is 1. The number of β-amino-alcohol motifs (C(OH)–C–C–N with tert-alkyl or cyclic N) is 1. The Balaban J connectivity index is 1.65. The Labute approximate surface area is 135 Å². The Hall–Kier alpha value is -1.99. The van der Waals surface area contributed by atoms with Gasteiger partial charge in [0.2, 0.25) is 0 Å². The lowest BCUT2D eigenvalue weighted by Crippen LogP contribution is -2.50. The molecule has 1 saturated heterocycles. The number of fused-ring (bicyclic) bond motifs is 1. The zero-order valence-electron chi connectivity index (χ0n) is 13.6. The van der Waals surface area contributed by atoms with Crippen LogP contribution in [0.4, 0.5) is 0 Å². The summed E-state index contributed by atoms with van der Waals surface area (Å²) in [5.74, 6) is 0.809. The van der Waals surface area contributed by atoms with Crippen molar-refractivity contribution in [3.05, 3.63) is 29.7 Å². The average molecular weight is 317 g/mol. The molecule has 0 spiro atoms. The van der Waals surface area contributed by atoms with Gasteiger partial charge >= 0.3 is 0 Å². The first-order chi connectivity index (χ1) is 11.1. The largest absolute Gasteiger partial charge is 0.392 e. The molecular weight excluding hydrogens is 294 g/mol. The van der Waals surface area contributed by atoms with Crippen LogP contribution in [0.25, 0.3) is 5.65 Å². The van der Waals surface area contributed by atoms with Gasteiger partial charge in [-0.1, -0.05) is 6.92 Å². The van der Waals surface area contributed by atoms with Gasteiger partial charge in [-0.05, 0) is 25.5 Å². The van der Waals surface area contributed by atoms with E-state index in [1.807, 2.05) is 29.2 Å². The van der Waals surface area contributed by atoms with Crippen molar-refractivity contribution in [1.82, 2.24) is 24.4 Å². The molecule has 1 aliphatic rings. The number of piperazine rings is 1. The van der Waals surface area contributed by atoms with Crippen LogP contribution in [0.5, 0.6) is 0 Å². The van der Waals surface area contributed by atoms with E-state index in [-0.39, 0.29) is 12.0 Å². The van der Waals surface area contributed by atoms with E-state index in [4.69, 9.17) is 0 Å². The van der Waals surface area contributed by atoms with E-state index in [9.17, 15) is 9.90 Å². The van der Waals surface area contributed by atoms with E-state index in [1.54, 1.807) is 12.3 Å². The summed E-state index contributed by atoms with van der Waals surface area (Å²) in [7, 11) is 0. The molecule has 1 fully saturated rings. The first kappa shape index (κ1) is 15.9. The summed E-state index contributed by atoms with van der Waals surface area (Å²) < 4.78 is 1.83. The highest BCUT2D eigenvalue weighted by Crippen LogP contribution is 2.12. The van der Waals surface area contributed by atoms with E-state index < -0.39 is 0 Å². The third kappa shape index (κ3) is 3.35. The number of amides is 1. The molecule has 124 valence electrons. The molecule has 1 N–H and O–H groups in total. The van der Waals surface area contributed by atoms with Crippen molar-refractivity contribution in [3.63, 3.8) is 0 Å². The topological polar surface area (TPSA) is 74.0 Å². The molecule has 2 aromatic rings. The van der Waals surface area contributed by atoms with Crippen LogP contribution in [0.3, 0.4) is 0 Å². The van der Waals surface area contributed by atoms with Crippen molar-refractivity contribution in [1.29, 1.82) is 0 Å². The number of aliphatic hydroxyl groups is 1. The van der Waals surface area contributed by atoms with Gasteiger partial charge in [0.15, 0.2) is 5.65 Å². The van der Waals surface area contributed by atoms with Gasteiger partial charge in [-0.2, -0.15) is 0 Å². The van der Waals surface area contributed by atoms with Crippen LogP contribution in [0.15, 0.2) is 18.3 Å². The molecule has 3 rings (SSSR count). The maximum atomic E-state index is 12.7. The van der Waals surface area contributed by atoms with Crippen LogP contribution < -0.4 is 0 Å². The zero-order valence-corrected chi connectivity index (χ0v) is 13.6. The monoisotopic (exact) mass is 317 g/mol. The molecular formula is C16H23N5O2. The predicted molar refractivity (Wildman–Crippen MR) is 86.4 cm³/mol. The highest BCUT2D eigenvalue weighted by Gasteiger charge is 2.23. The molecule has 1 atom stereocenters. The lowest BCUT2D eigenvalue weighted by atomic mass is 10.2. The average Bonchev–Trinajstić information content (AvgIpc) is 2.95. The zero-order chi connectivity index (χ0) is 16.4. The summed E-state index contributed by atoms with van der Waals surface area (Å²) in [6.45, 7) is 7.51. The minimum Gasteiger partial charge on any atom is -0.392 e. The number of hydrogen-bond donors (Lipinski definition) is 1. The van der Waals surface area contributed by atoms with Crippen LogP contribution in [0.2, 0.25) is 0 Å². The number of aromatic nitrogens is 3. The maximum Gasteiger partial charge on any atom is 0.255 e. The molecule has 0 aromatic carbocycles. The molecule has 3 heterocycles. The molecule has 1 amide bonds. The Bertz CT molecular complexity index is 691. The van der Waals surface area contributed by atoms with Crippen LogP contribution in [0, 0.1) is 6.92 Å². The lowest BCUT2D eigenvalue weighted by molar-refractivity contribution is 0.0523. The number of aryl methyl sites for hydroxylation is 1. The van der Waals surface area contributed by atoms with Gasteiger partial charge in [-0.15, -0.1) is 10.2 Å². The number of carbonyl (C=O) groups is 1. The number of nitrogens with zero attached hydrogens (tertiary/aromatic N) is 5. The molecule has 0 bridgehead atoms. The normalized spacial score (nSPS) is 17.6. The van der Waals surface area contributed by atoms with Gasteiger partial charge in [0.05, 0.1) is 11.7 Å². The van der Waals surface area contributed by atoms with Crippen LogP contribution >= 0.6 is 0 Å². The summed E-state index contributed by atoms with van der Waals surface area (Å²) in [5, 5.41) is 17.8. The number of hydrogen-bond acceptors (Lipinski definition) is 5. The minimum absolute atomic E-state index is 0.0377. The van der Waals surface area contributed by atoms with E-state index in [1.165, 1.54) is 0 Å². The van der Waals surface area contributed by atoms with Crippen LogP contribution in [0.1, 0.15) is 29.5 Å². The standard InChI is InChI=1S/C16H23N5O2/c1-3-14(22)11-19-6-8-20(9-7-19)16(23)13-4-5-15-18-17-12(2)21(15)10-13/h4-5,10,14,22H,3,6-9,11H2,1-2H3/t14-/m1/s1. The molecule has 7 nitrogen and oxygen atoms in total. The second-order valence-corrected chi connectivity index (χ2v) is 6.05. The van der Waals surface area contributed by atoms with Crippen LogP contribution in [-0.2, 0) is 0 Å². The number of rotatable bonds is 4. The summed E-state index contributed by atoms with van der Waals surface area (Å²) in [5.41, 5.74) is 1.40. The predicted octanol–water partition coefficient (Wildman–Crippen LogP) is 0.566. The second kappa shape index (κ2) is 6.64. The molecule has 7 heteroatoms. The van der Waals surface area contributed by atoms with E-state index in [2.05, 4.69) is 15.1 Å². The molecule has 0 saturated carbocycles. The minimum atomic E-state index is -0.281. The Morgan fingerprint density at radius 3 is 2.70 bits per heavy atom. The fourth-order valence-electron chi connectivity index (χ4n) is 2.88. The SMILES string of the molecule is CC[C@@H](O)CN1CCN(C(=O)c2ccc3nnc(C)n3c2)CC1. The number of pyridine rings is 1. The quantitative estimate of drug-likeness (QED) is 0.892. The molecule has 23 heavy (non-hydrogen) atoms. The molecule has 2 aromatic heterocycles. The van der Waals surface area contributed by atoms with Crippen molar-refractivity contribution < 1.29 is 9.90 Å². The maximum absolute atomic E-state index is 12.7. The smallest absolute Gasteiger partial charge is 0.255 e. The Kier molecular flexibility index (Phi) is 4.58. The highest BCUT2D eigenvalue weighted by atomic mass is 16.3. The van der Waals surface area contributed by atoms with Crippen molar-refractivity contribution in [3.8, 4) is 0 Å². The molecule has 0 unspecified atom stereocenters. The summed E-state index contributed by atoms with van der Waals surface area (Å²) in [6, 6.07) is 3.63. The molecule has 0 radical (unpaired) electrons. The van der Waals surface area contributed by atoms with Gasteiger partial charge in [-0.3, -0.25) is 14.1 Å². The fourth-order valence-corrected chi connectivity index (χ4v) is 2.88.